The van der Waals surface area contributed by atoms with Crippen LogP contribution in [0.15, 0.2) is 42.5 Å². The Morgan fingerprint density at radius 1 is 1.30 bits per heavy atom. The first-order chi connectivity index (χ1) is 10.7. The fourth-order valence-corrected chi connectivity index (χ4v) is 2.05. The van der Waals surface area contributed by atoms with Crippen LogP contribution in [0.1, 0.15) is 24.2 Å². The summed E-state index contributed by atoms with van der Waals surface area (Å²) in [6.45, 7) is 3.40. The minimum Gasteiger partial charge on any atom is -0.456 e. The Labute approximate surface area is 140 Å². The Balaban J connectivity index is 2.12. The summed E-state index contributed by atoms with van der Waals surface area (Å²) in [6, 6.07) is 11.6. The molecule has 0 aliphatic carbocycles. The van der Waals surface area contributed by atoms with E-state index < -0.39 is 5.60 Å². The third-order valence-corrected chi connectivity index (χ3v) is 3.26. The van der Waals surface area contributed by atoms with Crippen molar-refractivity contribution in [3.63, 3.8) is 0 Å². The van der Waals surface area contributed by atoms with Crippen LogP contribution in [0.25, 0.3) is 0 Å². The van der Waals surface area contributed by atoms with Crippen LogP contribution in [0.2, 0.25) is 5.02 Å². The van der Waals surface area contributed by atoms with Gasteiger partial charge in [0.1, 0.15) is 11.5 Å². The summed E-state index contributed by atoms with van der Waals surface area (Å²) < 4.78 is 5.68. The van der Waals surface area contributed by atoms with Crippen LogP contribution in [-0.4, -0.2) is 23.2 Å². The van der Waals surface area contributed by atoms with E-state index in [4.69, 9.17) is 22.1 Å². The summed E-state index contributed by atoms with van der Waals surface area (Å²) in [5, 5.41) is 12.7. The molecule has 23 heavy (non-hydrogen) atoms. The Kier molecular flexibility index (Phi) is 5.13. The second-order valence-corrected chi connectivity index (χ2v) is 6.22. The maximum atomic E-state index is 12.1. The summed E-state index contributed by atoms with van der Waals surface area (Å²) >= 11 is 6.07. The molecule has 2 rings (SSSR count). The zero-order valence-electron chi connectivity index (χ0n) is 13.0. The van der Waals surface area contributed by atoms with E-state index in [-0.39, 0.29) is 12.5 Å². The smallest absolute Gasteiger partial charge is 0.251 e. The third kappa shape index (κ3) is 5.16. The molecule has 0 saturated heterocycles. The van der Waals surface area contributed by atoms with Crippen molar-refractivity contribution in [2.24, 2.45) is 0 Å². The molecule has 0 radical (unpaired) electrons. The molecule has 0 aliphatic rings. The zero-order valence-corrected chi connectivity index (χ0v) is 13.7. The van der Waals surface area contributed by atoms with E-state index in [1.165, 1.54) is 0 Å². The van der Waals surface area contributed by atoms with E-state index in [1.807, 2.05) is 0 Å². The molecule has 0 saturated carbocycles. The summed E-state index contributed by atoms with van der Waals surface area (Å²) in [6.07, 6.45) is 0. The standard InChI is InChI=1S/C17H19ClN2O3/c1-17(2,22)10-20-16(21)11-4-3-5-13(8-11)23-15-7-6-12(19)9-14(15)18/h3-9,22H,10,19H2,1-2H3,(H,20,21). The van der Waals surface area contributed by atoms with Crippen LogP contribution in [0.5, 0.6) is 11.5 Å². The Morgan fingerprint density at radius 3 is 2.70 bits per heavy atom. The first kappa shape index (κ1) is 17.1. The van der Waals surface area contributed by atoms with Gasteiger partial charge in [-0.25, -0.2) is 0 Å². The first-order valence-corrected chi connectivity index (χ1v) is 7.46. The molecule has 0 atom stereocenters. The number of carbonyl (C=O) groups is 1. The van der Waals surface area contributed by atoms with Gasteiger partial charge in [0.15, 0.2) is 0 Å². The summed E-state index contributed by atoms with van der Waals surface area (Å²) in [5.41, 5.74) is 5.64. The molecule has 1 amide bonds. The monoisotopic (exact) mass is 334 g/mol. The fourth-order valence-electron chi connectivity index (χ4n) is 1.83. The molecule has 5 nitrogen and oxygen atoms in total. The highest BCUT2D eigenvalue weighted by Gasteiger charge is 2.15. The number of hydrogen-bond acceptors (Lipinski definition) is 4. The average Bonchev–Trinajstić information content (AvgIpc) is 2.47. The lowest BCUT2D eigenvalue weighted by Gasteiger charge is -2.17. The van der Waals surface area contributed by atoms with E-state index in [9.17, 15) is 9.90 Å². The first-order valence-electron chi connectivity index (χ1n) is 7.08. The fraction of sp³-hybridized carbons (Fsp3) is 0.235. The van der Waals surface area contributed by atoms with Crippen molar-refractivity contribution >= 4 is 23.2 Å². The van der Waals surface area contributed by atoms with E-state index >= 15 is 0 Å². The molecule has 0 unspecified atom stereocenters. The van der Waals surface area contributed by atoms with Crippen LogP contribution in [0.4, 0.5) is 5.69 Å². The lowest BCUT2D eigenvalue weighted by Crippen LogP contribution is -2.38. The molecule has 0 aliphatic heterocycles. The van der Waals surface area contributed by atoms with Gasteiger partial charge in [0.05, 0.1) is 10.6 Å². The van der Waals surface area contributed by atoms with Gasteiger partial charge >= 0.3 is 0 Å². The summed E-state index contributed by atoms with van der Waals surface area (Å²) in [7, 11) is 0. The molecule has 0 heterocycles. The molecule has 122 valence electrons. The van der Waals surface area contributed by atoms with Crippen molar-refractivity contribution in [3.8, 4) is 11.5 Å². The number of halogens is 1. The van der Waals surface area contributed by atoms with Gasteiger partial charge in [-0.1, -0.05) is 17.7 Å². The summed E-state index contributed by atoms with van der Waals surface area (Å²) in [5.74, 6) is 0.642. The zero-order chi connectivity index (χ0) is 17.0. The number of benzene rings is 2. The number of nitrogen functional groups attached to an aromatic ring is 1. The van der Waals surface area contributed by atoms with E-state index in [0.29, 0.717) is 27.8 Å². The molecule has 0 aromatic heterocycles. The Bertz CT molecular complexity index is 711. The lowest BCUT2D eigenvalue weighted by molar-refractivity contribution is 0.0694. The van der Waals surface area contributed by atoms with E-state index in [0.717, 1.165) is 0 Å². The van der Waals surface area contributed by atoms with Crippen molar-refractivity contribution in [2.45, 2.75) is 19.4 Å². The molecule has 2 aromatic rings. The number of nitrogens with two attached hydrogens (primary N) is 1. The number of carbonyl (C=O) groups excluding carboxylic acids is 1. The highest BCUT2D eigenvalue weighted by Crippen LogP contribution is 2.31. The van der Waals surface area contributed by atoms with Crippen molar-refractivity contribution < 1.29 is 14.6 Å². The molecule has 2 aromatic carbocycles. The molecular weight excluding hydrogens is 316 g/mol. The number of ether oxygens (including phenoxy) is 1. The third-order valence-electron chi connectivity index (χ3n) is 2.96. The van der Waals surface area contributed by atoms with Crippen LogP contribution in [0.3, 0.4) is 0 Å². The Hall–Kier alpha value is -2.24. The van der Waals surface area contributed by atoms with Crippen LogP contribution in [-0.2, 0) is 0 Å². The molecular formula is C17H19ClN2O3. The van der Waals surface area contributed by atoms with Gasteiger partial charge in [-0.05, 0) is 50.2 Å². The van der Waals surface area contributed by atoms with Crippen molar-refractivity contribution in [1.82, 2.24) is 5.32 Å². The Morgan fingerprint density at radius 2 is 2.04 bits per heavy atom. The van der Waals surface area contributed by atoms with Crippen molar-refractivity contribution in [1.29, 1.82) is 0 Å². The highest BCUT2D eigenvalue weighted by molar-refractivity contribution is 6.32. The van der Waals surface area contributed by atoms with Gasteiger partial charge in [-0.15, -0.1) is 0 Å². The van der Waals surface area contributed by atoms with Gasteiger partial charge in [0.25, 0.3) is 5.91 Å². The number of amides is 1. The van der Waals surface area contributed by atoms with Gasteiger partial charge < -0.3 is 20.9 Å². The van der Waals surface area contributed by atoms with Gasteiger partial charge in [-0.2, -0.15) is 0 Å². The predicted molar refractivity (Wildman–Crippen MR) is 91.0 cm³/mol. The maximum Gasteiger partial charge on any atom is 0.251 e. The van der Waals surface area contributed by atoms with E-state index in [2.05, 4.69) is 5.32 Å². The van der Waals surface area contributed by atoms with Gasteiger partial charge in [0, 0.05) is 17.8 Å². The SMILES string of the molecule is CC(C)(O)CNC(=O)c1cccc(Oc2ccc(N)cc2Cl)c1. The molecule has 4 N–H and O–H groups in total. The largest absolute Gasteiger partial charge is 0.456 e. The highest BCUT2D eigenvalue weighted by atomic mass is 35.5. The van der Waals surface area contributed by atoms with Crippen molar-refractivity contribution in [2.75, 3.05) is 12.3 Å². The number of anilines is 1. The second kappa shape index (κ2) is 6.89. The second-order valence-electron chi connectivity index (χ2n) is 5.81. The van der Waals surface area contributed by atoms with Crippen LogP contribution >= 0.6 is 11.6 Å². The van der Waals surface area contributed by atoms with E-state index in [1.54, 1.807) is 56.3 Å². The molecule has 6 heteroatoms. The normalized spacial score (nSPS) is 11.1. The molecule has 0 bridgehead atoms. The van der Waals surface area contributed by atoms with Crippen LogP contribution < -0.4 is 15.8 Å². The topological polar surface area (TPSA) is 84.6 Å². The van der Waals surface area contributed by atoms with Gasteiger partial charge in [0.2, 0.25) is 0 Å². The maximum absolute atomic E-state index is 12.1. The quantitative estimate of drug-likeness (QED) is 0.733. The number of aliphatic hydroxyl groups is 1. The number of nitrogens with one attached hydrogen (secondary N) is 1. The molecule has 0 spiro atoms. The average molecular weight is 335 g/mol. The minimum atomic E-state index is -0.971. The van der Waals surface area contributed by atoms with Crippen LogP contribution in [0, 0.1) is 0 Å². The predicted octanol–water partition coefficient (Wildman–Crippen LogP) is 3.22. The minimum absolute atomic E-state index is 0.153. The van der Waals surface area contributed by atoms with Gasteiger partial charge in [-0.3, -0.25) is 4.79 Å². The number of hydrogen-bond donors (Lipinski definition) is 3. The number of rotatable bonds is 5. The molecule has 0 fully saturated rings. The summed E-state index contributed by atoms with van der Waals surface area (Å²) in [4.78, 5) is 12.1. The lowest BCUT2D eigenvalue weighted by atomic mass is 10.1. The van der Waals surface area contributed by atoms with Crippen molar-refractivity contribution in [3.05, 3.63) is 53.1 Å².